The van der Waals surface area contributed by atoms with Crippen LogP contribution in [0.15, 0.2) is 34.2 Å². The van der Waals surface area contributed by atoms with E-state index in [-0.39, 0.29) is 6.23 Å². The zero-order chi connectivity index (χ0) is 10.1. The number of nitrogens with zero attached hydrogens (tertiary/aromatic N) is 1. The van der Waals surface area contributed by atoms with Crippen LogP contribution in [0, 0.1) is 0 Å². The Labute approximate surface area is 79.6 Å². The lowest BCUT2D eigenvalue weighted by Gasteiger charge is -2.12. The average Bonchev–Trinajstić information content (AvgIpc) is 2.51. The van der Waals surface area contributed by atoms with Crippen molar-refractivity contribution >= 4 is 0 Å². The van der Waals surface area contributed by atoms with E-state index in [4.69, 9.17) is 4.74 Å². The van der Waals surface area contributed by atoms with Gasteiger partial charge in [-0.25, -0.2) is 4.79 Å². The minimum Gasteiger partial charge on any atom is -0.475 e. The Morgan fingerprint density at radius 2 is 2.36 bits per heavy atom. The van der Waals surface area contributed by atoms with E-state index in [1.807, 2.05) is 0 Å². The van der Waals surface area contributed by atoms with Crippen molar-refractivity contribution in [2.45, 2.75) is 19.1 Å². The lowest BCUT2D eigenvalue weighted by atomic mass is 10.3. The number of aromatic nitrogens is 2. The standard InChI is InChI=1S/C9H10N2O3/c1-6-2-3-8(14-6)11-5-4-7(12)10-9(11)13/h4-5,8H,1-3H2,(H,10,12,13)/t8-/m0/s1. The van der Waals surface area contributed by atoms with Gasteiger partial charge in [0.1, 0.15) is 0 Å². The lowest BCUT2D eigenvalue weighted by molar-refractivity contribution is 0.0938. The molecule has 2 heterocycles. The number of rotatable bonds is 1. The van der Waals surface area contributed by atoms with E-state index in [0.717, 1.165) is 6.42 Å². The van der Waals surface area contributed by atoms with Gasteiger partial charge in [-0.15, -0.1) is 0 Å². The molecule has 1 aliphatic heterocycles. The largest absolute Gasteiger partial charge is 0.475 e. The van der Waals surface area contributed by atoms with Gasteiger partial charge in [0.2, 0.25) is 0 Å². The highest BCUT2D eigenvalue weighted by molar-refractivity contribution is 4.92. The van der Waals surface area contributed by atoms with Crippen LogP contribution in [0.4, 0.5) is 0 Å². The highest BCUT2D eigenvalue weighted by Crippen LogP contribution is 2.27. The molecule has 14 heavy (non-hydrogen) atoms. The number of H-pyrrole nitrogens is 1. The molecule has 5 nitrogen and oxygen atoms in total. The third-order valence-corrected chi connectivity index (χ3v) is 2.13. The predicted molar refractivity (Wildman–Crippen MR) is 49.8 cm³/mol. The van der Waals surface area contributed by atoms with Gasteiger partial charge in [0.25, 0.3) is 5.56 Å². The number of allylic oxidation sites excluding steroid dienone is 1. The maximum atomic E-state index is 11.3. The first-order valence-corrected chi connectivity index (χ1v) is 4.33. The molecule has 1 atom stereocenters. The summed E-state index contributed by atoms with van der Waals surface area (Å²) in [6.07, 6.45) is 2.57. The van der Waals surface area contributed by atoms with E-state index >= 15 is 0 Å². The van der Waals surface area contributed by atoms with Gasteiger partial charge in [-0.3, -0.25) is 14.3 Å². The summed E-state index contributed by atoms with van der Waals surface area (Å²) in [7, 11) is 0. The van der Waals surface area contributed by atoms with Crippen molar-refractivity contribution in [1.82, 2.24) is 9.55 Å². The van der Waals surface area contributed by atoms with Gasteiger partial charge in [0.05, 0.1) is 5.76 Å². The second kappa shape index (κ2) is 3.17. The van der Waals surface area contributed by atoms with E-state index in [0.29, 0.717) is 12.2 Å². The molecule has 1 aromatic heterocycles. The smallest absolute Gasteiger partial charge is 0.331 e. The molecule has 74 valence electrons. The van der Waals surface area contributed by atoms with Crippen molar-refractivity contribution < 1.29 is 4.74 Å². The van der Waals surface area contributed by atoms with Crippen molar-refractivity contribution in [2.24, 2.45) is 0 Å². The van der Waals surface area contributed by atoms with Crippen molar-refractivity contribution in [1.29, 1.82) is 0 Å². The van der Waals surface area contributed by atoms with Crippen LogP contribution >= 0.6 is 0 Å². The van der Waals surface area contributed by atoms with Gasteiger partial charge >= 0.3 is 5.69 Å². The Balaban J connectivity index is 2.38. The van der Waals surface area contributed by atoms with E-state index in [1.54, 1.807) is 0 Å². The summed E-state index contributed by atoms with van der Waals surface area (Å²) < 4.78 is 6.68. The Morgan fingerprint density at radius 1 is 1.57 bits per heavy atom. The number of hydrogen-bond acceptors (Lipinski definition) is 3. The number of hydrogen-bond donors (Lipinski definition) is 1. The Morgan fingerprint density at radius 3 is 2.93 bits per heavy atom. The van der Waals surface area contributed by atoms with Gasteiger partial charge in [0.15, 0.2) is 6.23 Å². The molecule has 5 heteroatoms. The first kappa shape index (κ1) is 8.80. The molecule has 0 spiro atoms. The highest BCUT2D eigenvalue weighted by Gasteiger charge is 2.21. The van der Waals surface area contributed by atoms with Crippen LogP contribution in [0.3, 0.4) is 0 Å². The molecule has 0 radical (unpaired) electrons. The van der Waals surface area contributed by atoms with Crippen LogP contribution in [-0.2, 0) is 4.74 Å². The van der Waals surface area contributed by atoms with Gasteiger partial charge in [-0.1, -0.05) is 6.58 Å². The molecule has 0 bridgehead atoms. The summed E-state index contributed by atoms with van der Waals surface area (Å²) in [4.78, 5) is 24.3. The lowest BCUT2D eigenvalue weighted by Crippen LogP contribution is -2.31. The minimum atomic E-state index is -0.447. The topological polar surface area (TPSA) is 64.1 Å². The maximum Gasteiger partial charge on any atom is 0.331 e. The van der Waals surface area contributed by atoms with Crippen molar-refractivity contribution in [2.75, 3.05) is 0 Å². The second-order valence-corrected chi connectivity index (χ2v) is 3.17. The zero-order valence-corrected chi connectivity index (χ0v) is 7.53. The van der Waals surface area contributed by atoms with Crippen LogP contribution in [0.25, 0.3) is 0 Å². The van der Waals surface area contributed by atoms with E-state index < -0.39 is 11.2 Å². The first-order chi connectivity index (χ1) is 6.66. The Bertz CT molecular complexity index is 471. The van der Waals surface area contributed by atoms with E-state index in [1.165, 1.54) is 16.8 Å². The molecule has 0 unspecified atom stereocenters. The van der Waals surface area contributed by atoms with Crippen molar-refractivity contribution in [3.05, 3.63) is 45.4 Å². The quantitative estimate of drug-likeness (QED) is 0.702. The molecular weight excluding hydrogens is 184 g/mol. The third kappa shape index (κ3) is 1.48. The molecule has 0 amide bonds. The summed E-state index contributed by atoms with van der Waals surface area (Å²) >= 11 is 0. The maximum absolute atomic E-state index is 11.3. The molecule has 1 N–H and O–H groups in total. The van der Waals surface area contributed by atoms with Gasteiger partial charge in [0, 0.05) is 25.1 Å². The van der Waals surface area contributed by atoms with Crippen LogP contribution in [0.2, 0.25) is 0 Å². The van der Waals surface area contributed by atoms with Crippen LogP contribution < -0.4 is 11.2 Å². The number of aromatic amines is 1. The molecule has 0 saturated carbocycles. The summed E-state index contributed by atoms with van der Waals surface area (Å²) in [5.74, 6) is 0.674. The molecule has 2 rings (SSSR count). The number of ether oxygens (including phenoxy) is 1. The van der Waals surface area contributed by atoms with Gasteiger partial charge < -0.3 is 4.74 Å². The third-order valence-electron chi connectivity index (χ3n) is 2.13. The second-order valence-electron chi connectivity index (χ2n) is 3.17. The van der Waals surface area contributed by atoms with E-state index in [2.05, 4.69) is 11.6 Å². The molecule has 1 aromatic rings. The highest BCUT2D eigenvalue weighted by atomic mass is 16.5. The molecule has 1 aliphatic rings. The summed E-state index contributed by atoms with van der Waals surface area (Å²) in [5, 5.41) is 0. The molecule has 1 saturated heterocycles. The molecule has 0 aliphatic carbocycles. The fraction of sp³-hybridized carbons (Fsp3) is 0.333. The summed E-state index contributed by atoms with van der Waals surface area (Å²) in [6.45, 7) is 3.67. The molecule has 1 fully saturated rings. The number of nitrogens with one attached hydrogen (secondary N) is 1. The summed E-state index contributed by atoms with van der Waals surface area (Å²) in [6, 6.07) is 1.30. The van der Waals surface area contributed by atoms with Crippen LogP contribution in [-0.4, -0.2) is 9.55 Å². The normalized spacial score (nSPS) is 20.9. The van der Waals surface area contributed by atoms with Crippen LogP contribution in [0.5, 0.6) is 0 Å². The fourth-order valence-electron chi connectivity index (χ4n) is 1.44. The van der Waals surface area contributed by atoms with E-state index in [9.17, 15) is 9.59 Å². The SMILES string of the molecule is C=C1CC[C@@H](n2ccc(=O)[nH]c2=O)O1. The average molecular weight is 194 g/mol. The predicted octanol–water partition coefficient (Wildman–Crippen LogP) is 0.359. The van der Waals surface area contributed by atoms with Gasteiger partial charge in [-0.05, 0) is 0 Å². The van der Waals surface area contributed by atoms with Crippen LogP contribution in [0.1, 0.15) is 19.1 Å². The zero-order valence-electron chi connectivity index (χ0n) is 7.53. The summed E-state index contributed by atoms with van der Waals surface area (Å²) in [5.41, 5.74) is -0.847. The fourth-order valence-corrected chi connectivity index (χ4v) is 1.44. The minimum absolute atomic E-state index is 0.327. The Hall–Kier alpha value is -1.78. The molecular formula is C9H10N2O3. The first-order valence-electron chi connectivity index (χ1n) is 4.33. The van der Waals surface area contributed by atoms with Crippen molar-refractivity contribution in [3.63, 3.8) is 0 Å². The monoisotopic (exact) mass is 194 g/mol. The van der Waals surface area contributed by atoms with Crippen molar-refractivity contribution in [3.8, 4) is 0 Å². The van der Waals surface area contributed by atoms with Gasteiger partial charge in [-0.2, -0.15) is 0 Å². The Kier molecular flexibility index (Phi) is 1.99. The molecule has 0 aromatic carbocycles.